The number of amides is 1. The third-order valence-corrected chi connectivity index (χ3v) is 2.36. The normalized spacial score (nSPS) is 10.1. The smallest absolute Gasteiger partial charge is 0.335 e. The number of aromatic carboxylic acids is 1. The van der Waals surface area contributed by atoms with Crippen LogP contribution in [0, 0.1) is 0 Å². The summed E-state index contributed by atoms with van der Waals surface area (Å²) in [6.07, 6.45) is 0.909. The van der Waals surface area contributed by atoms with Gasteiger partial charge in [0, 0.05) is 13.1 Å². The Kier molecular flexibility index (Phi) is 5.87. The Bertz CT molecular complexity index is 418. The Labute approximate surface area is 106 Å². The SMILES string of the molecule is CCCNC(=O)CNCc1cccc(C(=O)O)c1. The highest BCUT2D eigenvalue weighted by atomic mass is 16.4. The summed E-state index contributed by atoms with van der Waals surface area (Å²) in [5.74, 6) is -0.997. The summed E-state index contributed by atoms with van der Waals surface area (Å²) < 4.78 is 0. The molecule has 5 heteroatoms. The van der Waals surface area contributed by atoms with E-state index < -0.39 is 5.97 Å². The second kappa shape index (κ2) is 7.45. The molecular weight excluding hydrogens is 232 g/mol. The predicted octanol–water partition coefficient (Wildman–Crippen LogP) is 1.00. The number of carboxylic acids is 1. The number of benzene rings is 1. The minimum atomic E-state index is -0.947. The lowest BCUT2D eigenvalue weighted by Gasteiger charge is -2.06. The number of carboxylic acid groups (broad SMARTS) is 1. The van der Waals surface area contributed by atoms with Gasteiger partial charge in [-0.25, -0.2) is 4.79 Å². The molecule has 0 spiro atoms. The molecule has 18 heavy (non-hydrogen) atoms. The molecule has 0 aromatic heterocycles. The maximum atomic E-state index is 11.3. The molecule has 1 aromatic carbocycles. The lowest BCUT2D eigenvalue weighted by atomic mass is 10.1. The van der Waals surface area contributed by atoms with Crippen LogP contribution in [0.5, 0.6) is 0 Å². The van der Waals surface area contributed by atoms with Crippen molar-refractivity contribution in [3.05, 3.63) is 35.4 Å². The first kappa shape index (κ1) is 14.2. The van der Waals surface area contributed by atoms with Gasteiger partial charge in [0.1, 0.15) is 0 Å². The molecule has 0 aliphatic rings. The van der Waals surface area contributed by atoms with Gasteiger partial charge in [-0.1, -0.05) is 19.1 Å². The molecule has 0 aliphatic carbocycles. The van der Waals surface area contributed by atoms with Crippen molar-refractivity contribution < 1.29 is 14.7 Å². The van der Waals surface area contributed by atoms with Gasteiger partial charge in [-0.05, 0) is 24.1 Å². The van der Waals surface area contributed by atoms with E-state index in [1.54, 1.807) is 18.2 Å². The molecule has 0 saturated heterocycles. The minimum absolute atomic E-state index is 0.0498. The Morgan fingerprint density at radius 1 is 1.33 bits per heavy atom. The van der Waals surface area contributed by atoms with Crippen LogP contribution in [0.1, 0.15) is 29.3 Å². The van der Waals surface area contributed by atoms with Crippen LogP contribution in [0.15, 0.2) is 24.3 Å². The third kappa shape index (κ3) is 4.97. The summed E-state index contributed by atoms with van der Waals surface area (Å²) in [4.78, 5) is 22.1. The molecule has 3 N–H and O–H groups in total. The van der Waals surface area contributed by atoms with Crippen LogP contribution >= 0.6 is 0 Å². The van der Waals surface area contributed by atoms with Gasteiger partial charge < -0.3 is 15.7 Å². The lowest BCUT2D eigenvalue weighted by molar-refractivity contribution is -0.120. The molecule has 1 aromatic rings. The first-order chi connectivity index (χ1) is 8.63. The van der Waals surface area contributed by atoms with Crippen molar-refractivity contribution >= 4 is 11.9 Å². The number of hydrogen-bond acceptors (Lipinski definition) is 3. The van der Waals surface area contributed by atoms with Gasteiger partial charge in [0.2, 0.25) is 5.91 Å². The second-order valence-corrected chi connectivity index (χ2v) is 3.96. The van der Waals surface area contributed by atoms with E-state index in [2.05, 4.69) is 10.6 Å². The average Bonchev–Trinajstić information content (AvgIpc) is 2.36. The number of carbonyl (C=O) groups excluding carboxylic acids is 1. The maximum Gasteiger partial charge on any atom is 0.335 e. The number of carbonyl (C=O) groups is 2. The zero-order chi connectivity index (χ0) is 13.4. The first-order valence-corrected chi connectivity index (χ1v) is 5.93. The van der Waals surface area contributed by atoms with Crippen LogP contribution in [0.25, 0.3) is 0 Å². The standard InChI is InChI=1S/C13H18N2O3/c1-2-6-15-12(16)9-14-8-10-4-3-5-11(7-10)13(17)18/h3-5,7,14H,2,6,8-9H2,1H3,(H,15,16)(H,17,18). The van der Waals surface area contributed by atoms with Gasteiger partial charge in [-0.15, -0.1) is 0 Å². The Balaban J connectivity index is 2.37. The molecule has 1 amide bonds. The molecule has 0 saturated carbocycles. The minimum Gasteiger partial charge on any atom is -0.478 e. The molecule has 1 rings (SSSR count). The van der Waals surface area contributed by atoms with Crippen LogP contribution in [-0.2, 0) is 11.3 Å². The molecule has 0 unspecified atom stereocenters. The summed E-state index contributed by atoms with van der Waals surface area (Å²) >= 11 is 0. The van der Waals surface area contributed by atoms with Crippen LogP contribution < -0.4 is 10.6 Å². The van der Waals surface area contributed by atoms with Crippen molar-refractivity contribution in [1.29, 1.82) is 0 Å². The van der Waals surface area contributed by atoms with Crippen molar-refractivity contribution in [3.63, 3.8) is 0 Å². The monoisotopic (exact) mass is 250 g/mol. The fourth-order valence-electron chi connectivity index (χ4n) is 1.46. The fraction of sp³-hybridized carbons (Fsp3) is 0.385. The number of nitrogens with one attached hydrogen (secondary N) is 2. The summed E-state index contributed by atoms with van der Waals surface area (Å²) in [5.41, 5.74) is 1.10. The zero-order valence-electron chi connectivity index (χ0n) is 10.4. The highest BCUT2D eigenvalue weighted by Gasteiger charge is 2.03. The molecule has 0 fully saturated rings. The van der Waals surface area contributed by atoms with Crippen molar-refractivity contribution in [2.75, 3.05) is 13.1 Å². The Hall–Kier alpha value is -1.88. The third-order valence-electron chi connectivity index (χ3n) is 2.36. The molecule has 0 radical (unpaired) electrons. The zero-order valence-corrected chi connectivity index (χ0v) is 10.4. The van der Waals surface area contributed by atoms with Crippen molar-refractivity contribution in [1.82, 2.24) is 10.6 Å². The highest BCUT2D eigenvalue weighted by Crippen LogP contribution is 2.04. The topological polar surface area (TPSA) is 78.4 Å². The molecule has 5 nitrogen and oxygen atoms in total. The van der Waals surface area contributed by atoms with Gasteiger partial charge in [0.25, 0.3) is 0 Å². The van der Waals surface area contributed by atoms with E-state index in [0.717, 1.165) is 12.0 Å². The van der Waals surface area contributed by atoms with Gasteiger partial charge >= 0.3 is 5.97 Å². The van der Waals surface area contributed by atoms with Crippen LogP contribution in [0.4, 0.5) is 0 Å². The first-order valence-electron chi connectivity index (χ1n) is 5.93. The molecular formula is C13H18N2O3. The van der Waals surface area contributed by atoms with E-state index in [4.69, 9.17) is 5.11 Å². The van der Waals surface area contributed by atoms with E-state index in [0.29, 0.717) is 13.1 Å². The van der Waals surface area contributed by atoms with E-state index in [1.165, 1.54) is 0 Å². The fourth-order valence-corrected chi connectivity index (χ4v) is 1.46. The van der Waals surface area contributed by atoms with E-state index in [-0.39, 0.29) is 18.0 Å². The van der Waals surface area contributed by atoms with Gasteiger partial charge in [0.05, 0.1) is 12.1 Å². The summed E-state index contributed by atoms with van der Waals surface area (Å²) in [6.45, 7) is 3.37. The van der Waals surface area contributed by atoms with Crippen LogP contribution in [0.3, 0.4) is 0 Å². The number of rotatable bonds is 7. The summed E-state index contributed by atoms with van der Waals surface area (Å²) in [5, 5.41) is 14.6. The summed E-state index contributed by atoms with van der Waals surface area (Å²) in [6, 6.07) is 6.65. The predicted molar refractivity (Wildman–Crippen MR) is 68.4 cm³/mol. The largest absolute Gasteiger partial charge is 0.478 e. The van der Waals surface area contributed by atoms with Crippen molar-refractivity contribution in [3.8, 4) is 0 Å². The van der Waals surface area contributed by atoms with Gasteiger partial charge in [-0.2, -0.15) is 0 Å². The van der Waals surface area contributed by atoms with Crippen LogP contribution in [0.2, 0.25) is 0 Å². The molecule has 0 heterocycles. The van der Waals surface area contributed by atoms with Gasteiger partial charge in [-0.3, -0.25) is 4.79 Å². The summed E-state index contributed by atoms with van der Waals surface area (Å²) in [7, 11) is 0. The number of hydrogen-bond donors (Lipinski definition) is 3. The van der Waals surface area contributed by atoms with Crippen molar-refractivity contribution in [2.45, 2.75) is 19.9 Å². The molecule has 0 aliphatic heterocycles. The second-order valence-electron chi connectivity index (χ2n) is 3.96. The molecule has 98 valence electrons. The highest BCUT2D eigenvalue weighted by molar-refractivity contribution is 5.87. The van der Waals surface area contributed by atoms with Crippen molar-refractivity contribution in [2.24, 2.45) is 0 Å². The Morgan fingerprint density at radius 3 is 2.78 bits per heavy atom. The quantitative estimate of drug-likeness (QED) is 0.674. The Morgan fingerprint density at radius 2 is 2.11 bits per heavy atom. The molecule has 0 atom stereocenters. The maximum absolute atomic E-state index is 11.3. The van der Waals surface area contributed by atoms with E-state index in [9.17, 15) is 9.59 Å². The molecule has 0 bridgehead atoms. The van der Waals surface area contributed by atoms with E-state index in [1.807, 2.05) is 13.0 Å². The van der Waals surface area contributed by atoms with E-state index >= 15 is 0 Å². The van der Waals surface area contributed by atoms with Crippen LogP contribution in [-0.4, -0.2) is 30.1 Å². The average molecular weight is 250 g/mol. The lowest BCUT2D eigenvalue weighted by Crippen LogP contribution is -2.33. The van der Waals surface area contributed by atoms with Gasteiger partial charge in [0.15, 0.2) is 0 Å².